The maximum Gasteiger partial charge on any atom is 0.160 e. The van der Waals surface area contributed by atoms with E-state index in [0.29, 0.717) is 0 Å². The summed E-state index contributed by atoms with van der Waals surface area (Å²) in [6.07, 6.45) is 0. The smallest absolute Gasteiger partial charge is 0.160 e. The van der Waals surface area contributed by atoms with Crippen LogP contribution in [-0.2, 0) is 5.41 Å². The van der Waals surface area contributed by atoms with E-state index < -0.39 is 0 Å². The lowest BCUT2D eigenvalue weighted by Gasteiger charge is -2.34. The van der Waals surface area contributed by atoms with Gasteiger partial charge in [-0.15, -0.1) is 0 Å². The van der Waals surface area contributed by atoms with Crippen LogP contribution in [-0.4, -0.2) is 9.97 Å². The highest BCUT2D eigenvalue weighted by Crippen LogP contribution is 2.49. The van der Waals surface area contributed by atoms with Crippen LogP contribution in [0.5, 0.6) is 0 Å². The van der Waals surface area contributed by atoms with Gasteiger partial charge in [-0.2, -0.15) is 0 Å². The van der Waals surface area contributed by atoms with Crippen LogP contribution in [0.2, 0.25) is 0 Å². The summed E-state index contributed by atoms with van der Waals surface area (Å²) in [4.78, 5) is 12.6. The molecule has 0 saturated heterocycles. The van der Waals surface area contributed by atoms with Crippen molar-refractivity contribution in [3.05, 3.63) is 132 Å². The molecule has 6 aromatic rings. The number of aromatic nitrogens is 2. The summed E-state index contributed by atoms with van der Waals surface area (Å²) < 4.78 is 0. The molecule has 3 heteroatoms. The molecule has 7 rings (SSSR count). The Hall–Kier alpha value is -4.21. The van der Waals surface area contributed by atoms with Crippen molar-refractivity contribution in [1.82, 2.24) is 9.97 Å². The third kappa shape index (κ3) is 3.82. The minimum atomic E-state index is -0.0408. The van der Waals surface area contributed by atoms with Crippen molar-refractivity contribution in [3.8, 4) is 33.8 Å². The highest BCUT2D eigenvalue weighted by atomic mass is 32.2. The Bertz CT molecular complexity index is 1800. The van der Waals surface area contributed by atoms with Gasteiger partial charge in [0.2, 0.25) is 0 Å². The van der Waals surface area contributed by atoms with Crippen LogP contribution in [0, 0.1) is 0 Å². The van der Waals surface area contributed by atoms with Crippen molar-refractivity contribution in [2.45, 2.75) is 29.1 Å². The van der Waals surface area contributed by atoms with E-state index >= 15 is 0 Å². The molecule has 2 heterocycles. The highest BCUT2D eigenvalue weighted by molar-refractivity contribution is 7.99. The first-order valence-electron chi connectivity index (χ1n) is 12.9. The lowest BCUT2D eigenvalue weighted by molar-refractivity contribution is 0.607. The van der Waals surface area contributed by atoms with Crippen LogP contribution in [0.15, 0.2) is 131 Å². The van der Waals surface area contributed by atoms with Crippen molar-refractivity contribution in [2.24, 2.45) is 0 Å². The summed E-state index contributed by atoms with van der Waals surface area (Å²) >= 11 is 1.87. The number of hydrogen-bond donors (Lipinski definition) is 0. The Balaban J connectivity index is 1.29. The molecule has 0 saturated carbocycles. The second-order valence-electron chi connectivity index (χ2n) is 10.3. The number of rotatable bonds is 3. The second kappa shape index (κ2) is 8.97. The van der Waals surface area contributed by atoms with Crippen LogP contribution in [0.1, 0.15) is 25.0 Å². The fraction of sp³-hybridized carbons (Fsp3) is 0.0857. The highest BCUT2D eigenvalue weighted by Gasteiger charge is 2.33. The molecule has 0 atom stereocenters. The predicted molar refractivity (Wildman–Crippen MR) is 159 cm³/mol. The average Bonchev–Trinajstić information content (AvgIpc) is 2.97. The topological polar surface area (TPSA) is 25.8 Å². The quantitative estimate of drug-likeness (QED) is 0.239. The summed E-state index contributed by atoms with van der Waals surface area (Å²) in [7, 11) is 0. The Kier molecular flexibility index (Phi) is 5.41. The molecular weight excluding hydrogens is 480 g/mol. The molecule has 0 N–H and O–H groups in total. The minimum Gasteiger partial charge on any atom is -0.228 e. The van der Waals surface area contributed by atoms with E-state index in [2.05, 4.69) is 111 Å². The summed E-state index contributed by atoms with van der Waals surface area (Å²) in [6, 6.07) is 42.9. The maximum atomic E-state index is 5.03. The fourth-order valence-electron chi connectivity index (χ4n) is 5.46. The molecule has 0 bridgehead atoms. The second-order valence-corrected chi connectivity index (χ2v) is 11.4. The van der Waals surface area contributed by atoms with E-state index in [9.17, 15) is 0 Å². The summed E-state index contributed by atoms with van der Waals surface area (Å²) in [5.41, 5.74) is 9.21. The molecule has 0 radical (unpaired) electrons. The summed E-state index contributed by atoms with van der Waals surface area (Å²) in [5.74, 6) is 0.748. The van der Waals surface area contributed by atoms with E-state index in [4.69, 9.17) is 9.97 Å². The van der Waals surface area contributed by atoms with Gasteiger partial charge in [0.05, 0.1) is 11.2 Å². The van der Waals surface area contributed by atoms with E-state index in [1.54, 1.807) is 0 Å². The number of para-hydroxylation sites is 1. The van der Waals surface area contributed by atoms with Crippen LogP contribution < -0.4 is 0 Å². The Morgan fingerprint density at radius 2 is 1.18 bits per heavy atom. The summed E-state index contributed by atoms with van der Waals surface area (Å²) in [6.45, 7) is 4.67. The van der Waals surface area contributed by atoms with E-state index in [0.717, 1.165) is 33.5 Å². The SMILES string of the molecule is CC1(C)c2ccccc2Sc2ccc(-c3ccc(-c4nc(-c5ccccc5)nc5ccccc45)cc3)cc21. The molecule has 1 aliphatic rings. The van der Waals surface area contributed by atoms with Gasteiger partial charge >= 0.3 is 0 Å². The van der Waals surface area contributed by atoms with E-state index in [-0.39, 0.29) is 5.41 Å². The molecule has 0 amide bonds. The summed E-state index contributed by atoms with van der Waals surface area (Å²) in [5, 5.41) is 1.06. The Morgan fingerprint density at radius 3 is 2.03 bits per heavy atom. The van der Waals surface area contributed by atoms with Gasteiger partial charge in [-0.3, -0.25) is 0 Å². The normalized spacial score (nSPS) is 13.6. The van der Waals surface area contributed by atoms with Crippen LogP contribution in [0.25, 0.3) is 44.7 Å². The van der Waals surface area contributed by atoms with Gasteiger partial charge in [0.25, 0.3) is 0 Å². The molecule has 182 valence electrons. The first kappa shape index (κ1) is 22.9. The van der Waals surface area contributed by atoms with Gasteiger partial charge in [0.15, 0.2) is 5.82 Å². The van der Waals surface area contributed by atoms with Gasteiger partial charge in [-0.05, 0) is 46.5 Å². The number of fused-ring (bicyclic) bond motifs is 3. The van der Waals surface area contributed by atoms with E-state index in [1.165, 1.54) is 32.0 Å². The number of hydrogen-bond acceptors (Lipinski definition) is 3. The van der Waals surface area contributed by atoms with Crippen molar-refractivity contribution in [1.29, 1.82) is 0 Å². The molecular formula is C35H26N2S. The zero-order valence-electron chi connectivity index (χ0n) is 21.3. The molecule has 2 nitrogen and oxygen atoms in total. The molecule has 1 aliphatic heterocycles. The zero-order valence-corrected chi connectivity index (χ0v) is 22.2. The Labute approximate surface area is 227 Å². The van der Waals surface area contributed by atoms with Crippen molar-refractivity contribution in [2.75, 3.05) is 0 Å². The van der Waals surface area contributed by atoms with Gasteiger partial charge in [0, 0.05) is 31.7 Å². The largest absolute Gasteiger partial charge is 0.228 e. The van der Waals surface area contributed by atoms with Gasteiger partial charge in [-0.25, -0.2) is 9.97 Å². The average molecular weight is 507 g/mol. The van der Waals surface area contributed by atoms with Crippen LogP contribution >= 0.6 is 11.8 Å². The Morgan fingerprint density at radius 1 is 0.526 bits per heavy atom. The van der Waals surface area contributed by atoms with Gasteiger partial charge in [-0.1, -0.05) is 123 Å². The predicted octanol–water partition coefficient (Wildman–Crippen LogP) is 9.42. The van der Waals surface area contributed by atoms with E-state index in [1.807, 2.05) is 36.0 Å². The lowest BCUT2D eigenvalue weighted by Crippen LogP contribution is -2.23. The third-order valence-electron chi connectivity index (χ3n) is 7.56. The van der Waals surface area contributed by atoms with Gasteiger partial charge < -0.3 is 0 Å². The maximum absolute atomic E-state index is 5.03. The van der Waals surface area contributed by atoms with Gasteiger partial charge in [0.1, 0.15) is 0 Å². The zero-order chi connectivity index (χ0) is 25.7. The number of nitrogens with zero attached hydrogens (tertiary/aromatic N) is 2. The molecule has 0 aliphatic carbocycles. The van der Waals surface area contributed by atoms with Crippen LogP contribution in [0.4, 0.5) is 0 Å². The molecule has 0 spiro atoms. The fourth-order valence-corrected chi connectivity index (χ4v) is 6.83. The monoisotopic (exact) mass is 506 g/mol. The van der Waals surface area contributed by atoms with Crippen LogP contribution in [0.3, 0.4) is 0 Å². The first-order chi connectivity index (χ1) is 18.6. The lowest BCUT2D eigenvalue weighted by atomic mass is 9.77. The third-order valence-corrected chi connectivity index (χ3v) is 8.71. The molecule has 0 fully saturated rings. The molecule has 0 unspecified atom stereocenters. The van der Waals surface area contributed by atoms with Crippen molar-refractivity contribution < 1.29 is 0 Å². The van der Waals surface area contributed by atoms with Crippen molar-refractivity contribution in [3.63, 3.8) is 0 Å². The standard InChI is InChI=1S/C35H26N2S/c1-35(2)28-13-7-9-15-31(28)38-32-21-20-26(22-29(32)35)23-16-18-24(19-17-23)33-27-12-6-8-14-30(27)36-34(37-33)25-10-4-3-5-11-25/h3-22H,1-2H3. The minimum absolute atomic E-state index is 0.0408. The van der Waals surface area contributed by atoms with Crippen molar-refractivity contribution >= 4 is 22.7 Å². The first-order valence-corrected chi connectivity index (χ1v) is 13.7. The molecule has 1 aromatic heterocycles. The molecule has 38 heavy (non-hydrogen) atoms. The molecule has 5 aromatic carbocycles. The number of benzene rings is 5.